The van der Waals surface area contributed by atoms with Crippen LogP contribution in [0.2, 0.25) is 5.02 Å². The van der Waals surface area contributed by atoms with Crippen molar-refractivity contribution in [3.8, 4) is 11.5 Å². The fraction of sp³-hybridized carbons (Fsp3) is 0.312. The normalized spacial score (nSPS) is 13.7. The molecule has 0 bridgehead atoms. The molecular formula is C16H16ClN7O2S. The van der Waals surface area contributed by atoms with Gasteiger partial charge in [-0.2, -0.15) is 4.98 Å². The fourth-order valence-corrected chi connectivity index (χ4v) is 3.45. The predicted octanol–water partition coefficient (Wildman–Crippen LogP) is 2.37. The molecule has 0 atom stereocenters. The second-order valence-electron chi connectivity index (χ2n) is 6.03. The molecule has 140 valence electrons. The number of benzene rings is 1. The summed E-state index contributed by atoms with van der Waals surface area (Å²) in [4.78, 5) is 18.4. The Labute approximate surface area is 163 Å². The molecule has 0 aliphatic heterocycles. The fourth-order valence-electron chi connectivity index (χ4n) is 2.55. The van der Waals surface area contributed by atoms with Gasteiger partial charge in [-0.25, -0.2) is 5.10 Å². The first-order valence-electron chi connectivity index (χ1n) is 8.27. The average Bonchev–Trinajstić information content (AvgIpc) is 3.25. The summed E-state index contributed by atoms with van der Waals surface area (Å²) in [5, 5.41) is 15.6. The third-order valence-corrected chi connectivity index (χ3v) is 5.15. The van der Waals surface area contributed by atoms with E-state index in [4.69, 9.17) is 21.8 Å². The lowest BCUT2D eigenvalue weighted by Gasteiger charge is -2.19. The summed E-state index contributed by atoms with van der Waals surface area (Å²) in [5.74, 6) is 1.10. The average molecular weight is 406 g/mol. The first kappa shape index (κ1) is 17.8. The number of hydrogen-bond acceptors (Lipinski definition) is 8. The first-order chi connectivity index (χ1) is 13.1. The molecule has 0 unspecified atom stereocenters. The zero-order valence-corrected chi connectivity index (χ0v) is 15.7. The van der Waals surface area contributed by atoms with Gasteiger partial charge in [-0.3, -0.25) is 4.79 Å². The Morgan fingerprint density at radius 2 is 2.19 bits per heavy atom. The number of rotatable bonds is 7. The molecule has 3 aromatic rings. The van der Waals surface area contributed by atoms with Crippen molar-refractivity contribution in [2.24, 2.45) is 0 Å². The van der Waals surface area contributed by atoms with E-state index in [1.54, 1.807) is 11.0 Å². The number of nitrogens with two attached hydrogens (primary N) is 1. The molecule has 2 heterocycles. The summed E-state index contributed by atoms with van der Waals surface area (Å²) in [5.41, 5.74) is 6.16. The van der Waals surface area contributed by atoms with Crippen LogP contribution in [-0.4, -0.2) is 48.0 Å². The van der Waals surface area contributed by atoms with E-state index in [0.29, 0.717) is 27.5 Å². The van der Waals surface area contributed by atoms with Gasteiger partial charge in [0, 0.05) is 6.04 Å². The smallest absolute Gasteiger partial charge is 0.249 e. The molecule has 3 N–H and O–H groups in total. The van der Waals surface area contributed by atoms with Crippen LogP contribution < -0.4 is 5.73 Å². The number of amides is 1. The van der Waals surface area contributed by atoms with Crippen molar-refractivity contribution >= 4 is 35.2 Å². The van der Waals surface area contributed by atoms with Gasteiger partial charge in [-0.1, -0.05) is 35.5 Å². The summed E-state index contributed by atoms with van der Waals surface area (Å²) in [7, 11) is 0. The van der Waals surface area contributed by atoms with Crippen LogP contribution in [0.3, 0.4) is 0 Å². The van der Waals surface area contributed by atoms with Crippen molar-refractivity contribution in [1.29, 1.82) is 0 Å². The van der Waals surface area contributed by atoms with Crippen LogP contribution in [-0.2, 0) is 11.3 Å². The van der Waals surface area contributed by atoms with E-state index in [0.717, 1.165) is 12.8 Å². The molecule has 1 aliphatic carbocycles. The summed E-state index contributed by atoms with van der Waals surface area (Å²) in [6.45, 7) is 0.262. The van der Waals surface area contributed by atoms with Crippen LogP contribution in [0.1, 0.15) is 18.7 Å². The minimum Gasteiger partial charge on any atom is -0.419 e. The van der Waals surface area contributed by atoms with Gasteiger partial charge in [0.15, 0.2) is 0 Å². The van der Waals surface area contributed by atoms with Crippen LogP contribution in [0.15, 0.2) is 33.8 Å². The van der Waals surface area contributed by atoms with Gasteiger partial charge in [0.1, 0.15) is 0 Å². The standard InChI is InChI=1S/C16H16ClN7O2S/c17-11-4-2-1-3-10(11)14-21-20-12(26-14)7-24(9-5-6-9)13(25)8-27-16-19-15(18)22-23-16/h1-4,9H,5-8H2,(H3,18,19,22,23). The largest absolute Gasteiger partial charge is 0.419 e. The zero-order valence-electron chi connectivity index (χ0n) is 14.1. The summed E-state index contributed by atoms with van der Waals surface area (Å²) < 4.78 is 5.72. The van der Waals surface area contributed by atoms with E-state index in [1.165, 1.54) is 11.8 Å². The lowest BCUT2D eigenvalue weighted by molar-refractivity contribution is -0.129. The SMILES string of the molecule is Nc1nc(SCC(=O)N(Cc2nnc(-c3ccccc3Cl)o2)C2CC2)n[nH]1. The predicted molar refractivity (Wildman–Crippen MR) is 99.8 cm³/mol. The Balaban J connectivity index is 1.43. The molecule has 1 fully saturated rings. The molecule has 1 saturated carbocycles. The maximum atomic E-state index is 12.6. The van der Waals surface area contributed by atoms with Crippen molar-refractivity contribution in [1.82, 2.24) is 30.3 Å². The van der Waals surface area contributed by atoms with E-state index >= 15 is 0 Å². The number of thioether (sulfide) groups is 1. The molecule has 1 aliphatic rings. The molecule has 1 amide bonds. The van der Waals surface area contributed by atoms with Crippen LogP contribution in [0.25, 0.3) is 11.5 Å². The number of aromatic amines is 1. The summed E-state index contributed by atoms with van der Waals surface area (Å²) in [6, 6.07) is 7.44. The third kappa shape index (κ3) is 4.22. The monoisotopic (exact) mass is 405 g/mol. The number of halogens is 1. The molecule has 1 aromatic carbocycles. The second-order valence-corrected chi connectivity index (χ2v) is 7.38. The van der Waals surface area contributed by atoms with E-state index in [9.17, 15) is 4.79 Å². The van der Waals surface area contributed by atoms with Gasteiger partial charge in [0.05, 0.1) is 22.9 Å². The highest BCUT2D eigenvalue weighted by molar-refractivity contribution is 7.99. The number of H-pyrrole nitrogens is 1. The lowest BCUT2D eigenvalue weighted by Crippen LogP contribution is -2.34. The minimum absolute atomic E-state index is 0.0386. The van der Waals surface area contributed by atoms with Gasteiger partial charge >= 0.3 is 0 Å². The Bertz CT molecular complexity index is 956. The lowest BCUT2D eigenvalue weighted by atomic mass is 10.2. The van der Waals surface area contributed by atoms with Gasteiger partial charge in [-0.05, 0) is 25.0 Å². The molecule has 2 aromatic heterocycles. The zero-order chi connectivity index (χ0) is 18.8. The maximum absolute atomic E-state index is 12.6. The van der Waals surface area contributed by atoms with E-state index in [2.05, 4.69) is 25.4 Å². The van der Waals surface area contributed by atoms with Crippen molar-refractivity contribution < 1.29 is 9.21 Å². The molecule has 0 radical (unpaired) electrons. The van der Waals surface area contributed by atoms with E-state index in [-0.39, 0.29) is 30.2 Å². The summed E-state index contributed by atoms with van der Waals surface area (Å²) >= 11 is 7.40. The molecule has 0 spiro atoms. The highest BCUT2D eigenvalue weighted by atomic mass is 35.5. The number of aromatic nitrogens is 5. The quantitative estimate of drug-likeness (QED) is 0.573. The number of anilines is 1. The topological polar surface area (TPSA) is 127 Å². The van der Waals surface area contributed by atoms with Gasteiger partial charge in [0.2, 0.25) is 28.8 Å². The van der Waals surface area contributed by atoms with Gasteiger partial charge in [0.25, 0.3) is 0 Å². The number of nitrogens with zero attached hydrogens (tertiary/aromatic N) is 5. The molecule has 11 heteroatoms. The van der Waals surface area contributed by atoms with Crippen LogP contribution in [0.5, 0.6) is 0 Å². The third-order valence-electron chi connectivity index (χ3n) is 3.99. The van der Waals surface area contributed by atoms with Crippen LogP contribution >= 0.6 is 23.4 Å². The molecular weight excluding hydrogens is 390 g/mol. The number of nitrogen functional groups attached to an aromatic ring is 1. The molecule has 4 rings (SSSR count). The second kappa shape index (κ2) is 7.57. The number of nitrogens with one attached hydrogen (secondary N) is 1. The van der Waals surface area contributed by atoms with E-state index < -0.39 is 0 Å². The van der Waals surface area contributed by atoms with Crippen molar-refractivity contribution in [3.63, 3.8) is 0 Å². The van der Waals surface area contributed by atoms with E-state index in [1.807, 2.05) is 18.2 Å². The maximum Gasteiger partial charge on any atom is 0.249 e. The number of carbonyl (C=O) groups is 1. The Morgan fingerprint density at radius 3 is 2.89 bits per heavy atom. The Hall–Kier alpha value is -2.59. The highest BCUT2D eigenvalue weighted by Crippen LogP contribution is 2.31. The van der Waals surface area contributed by atoms with Crippen LogP contribution in [0.4, 0.5) is 5.95 Å². The van der Waals surface area contributed by atoms with Crippen molar-refractivity contribution in [3.05, 3.63) is 35.2 Å². The first-order valence-corrected chi connectivity index (χ1v) is 9.64. The molecule has 27 heavy (non-hydrogen) atoms. The minimum atomic E-state index is -0.0386. The van der Waals surface area contributed by atoms with Gasteiger partial charge in [-0.15, -0.1) is 15.3 Å². The molecule has 9 nitrogen and oxygen atoms in total. The molecule has 0 saturated heterocycles. The van der Waals surface area contributed by atoms with Gasteiger partial charge < -0.3 is 15.1 Å². The summed E-state index contributed by atoms with van der Waals surface area (Å²) in [6.07, 6.45) is 1.94. The van der Waals surface area contributed by atoms with Crippen molar-refractivity contribution in [2.45, 2.75) is 30.6 Å². The van der Waals surface area contributed by atoms with Crippen LogP contribution in [0, 0.1) is 0 Å². The number of hydrogen-bond donors (Lipinski definition) is 2. The Kier molecular flexibility index (Phi) is 4.99. The highest BCUT2D eigenvalue weighted by Gasteiger charge is 2.33. The Morgan fingerprint density at radius 1 is 1.37 bits per heavy atom. The van der Waals surface area contributed by atoms with Crippen molar-refractivity contribution in [2.75, 3.05) is 11.5 Å². The number of carbonyl (C=O) groups excluding carboxylic acids is 1.